The maximum atomic E-state index is 12.7. The third kappa shape index (κ3) is 3.85. The molecule has 0 aliphatic carbocycles. The Balaban J connectivity index is 1.27. The number of nitrogens with zero attached hydrogens (tertiary/aromatic N) is 4. The zero-order valence-corrected chi connectivity index (χ0v) is 17.7. The van der Waals surface area contributed by atoms with Gasteiger partial charge in [0.15, 0.2) is 0 Å². The number of thiazole rings is 1. The van der Waals surface area contributed by atoms with Crippen molar-refractivity contribution >= 4 is 40.8 Å². The lowest BCUT2D eigenvalue weighted by Crippen LogP contribution is -2.41. The maximum absolute atomic E-state index is 12.7. The van der Waals surface area contributed by atoms with Gasteiger partial charge in [0.1, 0.15) is 0 Å². The minimum Gasteiger partial charge on any atom is -0.347 e. The Morgan fingerprint density at radius 1 is 1.33 bits per heavy atom. The number of rotatable bonds is 4. The number of anilines is 1. The first-order valence-electron chi connectivity index (χ1n) is 9.80. The van der Waals surface area contributed by atoms with Crippen molar-refractivity contribution in [1.82, 2.24) is 24.4 Å². The van der Waals surface area contributed by atoms with Gasteiger partial charge < -0.3 is 10.6 Å². The summed E-state index contributed by atoms with van der Waals surface area (Å²) >= 11 is 3.07. The van der Waals surface area contributed by atoms with E-state index in [9.17, 15) is 9.59 Å². The van der Waals surface area contributed by atoms with Gasteiger partial charge in [-0.15, -0.1) is 0 Å². The predicted molar refractivity (Wildman–Crippen MR) is 116 cm³/mol. The van der Waals surface area contributed by atoms with E-state index in [1.165, 1.54) is 11.3 Å². The van der Waals surface area contributed by atoms with Crippen molar-refractivity contribution in [2.24, 2.45) is 0 Å². The van der Waals surface area contributed by atoms with Crippen LogP contribution >= 0.6 is 23.3 Å². The van der Waals surface area contributed by atoms with Gasteiger partial charge in [-0.05, 0) is 49.1 Å². The fourth-order valence-corrected chi connectivity index (χ4v) is 5.53. The summed E-state index contributed by atoms with van der Waals surface area (Å²) < 4.78 is 3.85. The third-order valence-electron chi connectivity index (χ3n) is 5.14. The van der Waals surface area contributed by atoms with E-state index in [1.807, 2.05) is 18.3 Å². The number of benzene rings is 1. The Hall–Kier alpha value is -2.69. The summed E-state index contributed by atoms with van der Waals surface area (Å²) in [5.41, 5.74) is 1.22. The molecule has 0 saturated carbocycles. The highest BCUT2D eigenvalue weighted by molar-refractivity contribution is 7.97. The summed E-state index contributed by atoms with van der Waals surface area (Å²) in [4.78, 5) is 31.5. The van der Waals surface area contributed by atoms with Gasteiger partial charge in [0.2, 0.25) is 11.0 Å². The molecule has 3 aromatic rings. The largest absolute Gasteiger partial charge is 0.347 e. The zero-order valence-electron chi connectivity index (χ0n) is 16.1. The molecule has 0 radical (unpaired) electrons. The van der Waals surface area contributed by atoms with Crippen LogP contribution in [0.15, 0.2) is 47.8 Å². The first-order chi connectivity index (χ1) is 14.7. The number of nitrogens with one attached hydrogen (secondary N) is 2. The standard InChI is InChI=1S/C20H20N6O2S2/c27-18(21-11-14-12-22-20(29-14)25-8-3-7-23-25)13-5-6-17-15(10-13)24-19(28)16-4-1-2-9-26(16)30-17/h3,5-8,10,12,16H,1-2,4,9,11H2,(H,21,27)(H,24,28)/t16-/m1/s1. The van der Waals surface area contributed by atoms with Gasteiger partial charge in [-0.2, -0.15) is 5.10 Å². The molecule has 2 aromatic heterocycles. The Morgan fingerprint density at radius 2 is 2.27 bits per heavy atom. The maximum Gasteiger partial charge on any atom is 0.251 e. The third-order valence-corrected chi connectivity index (χ3v) is 7.35. The second-order valence-corrected chi connectivity index (χ2v) is 9.37. The van der Waals surface area contributed by atoms with Gasteiger partial charge in [0.25, 0.3) is 5.91 Å². The lowest BCUT2D eigenvalue weighted by Gasteiger charge is -2.30. The van der Waals surface area contributed by atoms with Gasteiger partial charge in [0, 0.05) is 40.5 Å². The van der Waals surface area contributed by atoms with Crippen LogP contribution in [0.25, 0.3) is 5.13 Å². The summed E-state index contributed by atoms with van der Waals surface area (Å²) in [6, 6.07) is 7.21. The highest BCUT2D eigenvalue weighted by Gasteiger charge is 2.33. The molecule has 2 N–H and O–H groups in total. The number of amides is 2. The molecule has 1 aromatic carbocycles. The van der Waals surface area contributed by atoms with E-state index in [0.29, 0.717) is 17.8 Å². The van der Waals surface area contributed by atoms with Crippen LogP contribution in [0, 0.1) is 0 Å². The highest BCUT2D eigenvalue weighted by Crippen LogP contribution is 2.38. The van der Waals surface area contributed by atoms with Crippen molar-refractivity contribution in [2.75, 3.05) is 11.9 Å². The summed E-state index contributed by atoms with van der Waals surface area (Å²) in [5.74, 6) is -0.178. The van der Waals surface area contributed by atoms with Gasteiger partial charge >= 0.3 is 0 Å². The topological polar surface area (TPSA) is 92.1 Å². The molecule has 5 rings (SSSR count). The van der Waals surface area contributed by atoms with Crippen molar-refractivity contribution in [3.63, 3.8) is 0 Å². The highest BCUT2D eigenvalue weighted by atomic mass is 32.2. The van der Waals surface area contributed by atoms with E-state index in [0.717, 1.165) is 40.7 Å². The number of carbonyl (C=O) groups excluding carboxylic acids is 2. The minimum absolute atomic E-state index is 0.00863. The average Bonchev–Trinajstić information content (AvgIpc) is 3.43. The fourth-order valence-electron chi connectivity index (χ4n) is 3.60. The number of piperidine rings is 1. The van der Waals surface area contributed by atoms with Gasteiger partial charge in [0.05, 0.1) is 18.3 Å². The van der Waals surface area contributed by atoms with E-state index in [1.54, 1.807) is 41.2 Å². The van der Waals surface area contributed by atoms with Gasteiger partial charge in [-0.25, -0.2) is 14.0 Å². The molecule has 2 aliphatic heterocycles. The van der Waals surface area contributed by atoms with Crippen LogP contribution in [0.2, 0.25) is 0 Å². The first kappa shape index (κ1) is 19.3. The van der Waals surface area contributed by atoms with Crippen LogP contribution in [0.3, 0.4) is 0 Å². The second kappa shape index (κ2) is 8.21. The monoisotopic (exact) mass is 440 g/mol. The van der Waals surface area contributed by atoms with Crippen LogP contribution in [-0.2, 0) is 11.3 Å². The molecule has 0 spiro atoms. The lowest BCUT2D eigenvalue weighted by molar-refractivity contribution is -0.120. The van der Waals surface area contributed by atoms with Gasteiger partial charge in [-0.1, -0.05) is 17.8 Å². The Bertz CT molecular complexity index is 1080. The molecule has 10 heteroatoms. The normalized spacial score (nSPS) is 18.8. The zero-order chi connectivity index (χ0) is 20.5. The van der Waals surface area contributed by atoms with Gasteiger partial charge in [-0.3, -0.25) is 9.59 Å². The Morgan fingerprint density at radius 3 is 3.13 bits per heavy atom. The van der Waals surface area contributed by atoms with Crippen molar-refractivity contribution < 1.29 is 9.59 Å². The van der Waals surface area contributed by atoms with Crippen LogP contribution in [0.1, 0.15) is 34.5 Å². The van der Waals surface area contributed by atoms with Crippen LogP contribution in [-0.4, -0.2) is 43.5 Å². The molecule has 154 valence electrons. The molecule has 4 heterocycles. The van der Waals surface area contributed by atoms with Crippen LogP contribution in [0.5, 0.6) is 0 Å². The molecule has 8 nitrogen and oxygen atoms in total. The Kier molecular flexibility index (Phi) is 5.28. The van der Waals surface area contributed by atoms with Crippen LogP contribution < -0.4 is 10.6 Å². The lowest BCUT2D eigenvalue weighted by atomic mass is 10.0. The number of hydrogen-bond donors (Lipinski definition) is 2. The first-order valence-corrected chi connectivity index (χ1v) is 11.4. The molecule has 2 aliphatic rings. The number of carbonyl (C=O) groups is 2. The smallest absolute Gasteiger partial charge is 0.251 e. The average molecular weight is 441 g/mol. The van der Waals surface area contributed by atoms with Crippen molar-refractivity contribution in [3.05, 3.63) is 53.3 Å². The molecule has 30 heavy (non-hydrogen) atoms. The van der Waals surface area contributed by atoms with Crippen molar-refractivity contribution in [1.29, 1.82) is 0 Å². The van der Waals surface area contributed by atoms with E-state index in [2.05, 4.69) is 25.0 Å². The molecule has 2 amide bonds. The second-order valence-electron chi connectivity index (χ2n) is 7.19. The van der Waals surface area contributed by atoms with Crippen molar-refractivity contribution in [3.8, 4) is 5.13 Å². The van der Waals surface area contributed by atoms with E-state index in [-0.39, 0.29) is 17.9 Å². The molecule has 1 fully saturated rings. The summed E-state index contributed by atoms with van der Waals surface area (Å²) in [6.07, 6.45) is 8.31. The predicted octanol–water partition coefficient (Wildman–Crippen LogP) is 3.07. The quantitative estimate of drug-likeness (QED) is 0.606. The molecule has 0 bridgehead atoms. The molecular formula is C20H20N6O2S2. The fraction of sp³-hybridized carbons (Fsp3) is 0.300. The van der Waals surface area contributed by atoms with Crippen molar-refractivity contribution in [2.45, 2.75) is 36.7 Å². The molecule has 1 saturated heterocycles. The van der Waals surface area contributed by atoms with Crippen LogP contribution in [0.4, 0.5) is 5.69 Å². The number of hydrogen-bond acceptors (Lipinski definition) is 7. The summed E-state index contributed by atoms with van der Waals surface area (Å²) in [6.45, 7) is 1.28. The SMILES string of the molecule is O=C(NCc1cnc(-n2cccn2)s1)c1ccc2c(c1)NC(=O)[C@H]1CCCCN1S2. The molecule has 1 atom stereocenters. The summed E-state index contributed by atoms with van der Waals surface area (Å²) in [7, 11) is 0. The summed E-state index contributed by atoms with van der Waals surface area (Å²) in [5, 5.41) is 10.9. The minimum atomic E-state index is -0.187. The van der Waals surface area contributed by atoms with E-state index < -0.39 is 0 Å². The molecular weight excluding hydrogens is 420 g/mol. The molecule has 0 unspecified atom stereocenters. The number of fused-ring (bicyclic) bond motifs is 2. The number of aromatic nitrogens is 3. The Labute approximate surface area is 181 Å². The van der Waals surface area contributed by atoms with E-state index in [4.69, 9.17) is 0 Å². The van der Waals surface area contributed by atoms with E-state index >= 15 is 0 Å².